The number of carbonyl (C=O) groups excluding carboxylic acids is 4. The maximum absolute atomic E-state index is 14.6. The van der Waals surface area contributed by atoms with Gasteiger partial charge in [-0.25, -0.2) is 19.6 Å². The Labute approximate surface area is 401 Å². The molecule has 2 aromatic heterocycles. The average molecular weight is 952 g/mol. The number of halogens is 1. The number of ether oxygens (including phenoxy) is 4. The second-order valence-electron chi connectivity index (χ2n) is 20.4. The zero-order chi connectivity index (χ0) is 47.7. The molecule has 4 aliphatic heterocycles. The van der Waals surface area contributed by atoms with Crippen LogP contribution in [-0.2, 0) is 28.5 Å². The molecule has 362 valence electrons. The number of alkyl carbamates (subject to hydrolysis) is 2. The lowest BCUT2D eigenvalue weighted by atomic mass is 9.85. The summed E-state index contributed by atoms with van der Waals surface area (Å²) in [6, 6.07) is 14.6. The van der Waals surface area contributed by atoms with E-state index in [1.807, 2.05) is 68.0 Å². The van der Waals surface area contributed by atoms with Gasteiger partial charge in [-0.2, -0.15) is 0 Å². The van der Waals surface area contributed by atoms with E-state index in [9.17, 15) is 19.2 Å². The molecule has 13 atom stereocenters. The van der Waals surface area contributed by atoms with Crippen molar-refractivity contribution in [2.75, 3.05) is 14.2 Å². The van der Waals surface area contributed by atoms with Crippen molar-refractivity contribution in [3.05, 3.63) is 71.5 Å². The maximum atomic E-state index is 14.6. The molecule has 0 bridgehead atoms. The molecule has 2 aliphatic carbocycles. The number of nitrogens with one attached hydrogen (secondary N) is 4. The standard InChI is InChI=1S/C51H63ClN8O8/c1-24-16-34(17-25(2)67-24)42(56-50(63)65-6)48(61)59-38-20-33(38)21-39(59)47-55-41(45(52)58-47)32-14-10-30(11-15-32)29-8-12-31(13-9-29)37-23-53-46(54-37)40-22-36-28(5)44(36)60(40)49(62)43(57-51(64)66-7)35-18-26(3)68-27(4)19-35/h8-15,23-28,33-36,38-40,42-44H,16-22H2,1-7H3,(H,53,54)(H,55,58)(H,56,63)(H,57,64). The molecule has 13 unspecified atom stereocenters. The van der Waals surface area contributed by atoms with Crippen LogP contribution in [-0.4, -0.2) is 117 Å². The summed E-state index contributed by atoms with van der Waals surface area (Å²) in [6.45, 7) is 10.2. The van der Waals surface area contributed by atoms with Gasteiger partial charge in [0.25, 0.3) is 0 Å². The van der Waals surface area contributed by atoms with Crippen LogP contribution in [0.15, 0.2) is 54.7 Å². The number of hydrogen-bond acceptors (Lipinski definition) is 10. The third-order valence-corrected chi connectivity index (χ3v) is 16.0. The van der Waals surface area contributed by atoms with Crippen molar-refractivity contribution in [1.82, 2.24) is 40.4 Å². The fourth-order valence-corrected chi connectivity index (χ4v) is 12.7. The lowest BCUT2D eigenvalue weighted by Gasteiger charge is -2.39. The van der Waals surface area contributed by atoms with Crippen molar-refractivity contribution < 1.29 is 38.1 Å². The molecule has 6 aliphatic rings. The minimum Gasteiger partial charge on any atom is -0.453 e. The quantitative estimate of drug-likeness (QED) is 0.114. The van der Waals surface area contributed by atoms with Crippen LogP contribution >= 0.6 is 11.6 Å². The van der Waals surface area contributed by atoms with Crippen molar-refractivity contribution in [3.8, 4) is 33.6 Å². The Morgan fingerprint density at radius 2 is 1.16 bits per heavy atom. The first-order valence-electron chi connectivity index (χ1n) is 24.3. The molecule has 10 rings (SSSR count). The molecule has 68 heavy (non-hydrogen) atoms. The van der Waals surface area contributed by atoms with Gasteiger partial charge >= 0.3 is 12.2 Å². The predicted molar refractivity (Wildman–Crippen MR) is 253 cm³/mol. The molecule has 17 heteroatoms. The van der Waals surface area contributed by atoms with E-state index in [1.54, 1.807) is 0 Å². The van der Waals surface area contributed by atoms with Crippen LogP contribution in [0, 0.1) is 29.6 Å². The number of rotatable bonds is 11. The summed E-state index contributed by atoms with van der Waals surface area (Å²) in [5.41, 5.74) is 5.31. The van der Waals surface area contributed by atoms with Crippen molar-refractivity contribution in [1.29, 1.82) is 0 Å². The zero-order valence-electron chi connectivity index (χ0n) is 39.7. The highest BCUT2D eigenvalue weighted by Crippen LogP contribution is 2.58. The normalized spacial score (nSPS) is 32.4. The molecule has 2 aromatic carbocycles. The Hall–Kier alpha value is -5.45. The minimum atomic E-state index is -0.746. The van der Waals surface area contributed by atoms with E-state index in [1.165, 1.54) is 14.2 Å². The van der Waals surface area contributed by atoms with Crippen LogP contribution in [0.25, 0.3) is 33.6 Å². The molecule has 2 saturated carbocycles. The largest absolute Gasteiger partial charge is 0.453 e. The number of likely N-dealkylation sites (tertiary alicyclic amines) is 2. The Balaban J connectivity index is 0.824. The van der Waals surface area contributed by atoms with Crippen molar-refractivity contribution in [2.24, 2.45) is 29.6 Å². The third kappa shape index (κ3) is 8.87. The first-order chi connectivity index (χ1) is 32.7. The fourth-order valence-electron chi connectivity index (χ4n) is 12.4. The van der Waals surface area contributed by atoms with E-state index in [0.717, 1.165) is 53.0 Å². The molecular weight excluding hydrogens is 888 g/mol. The molecule has 4 saturated heterocycles. The van der Waals surface area contributed by atoms with Gasteiger partial charge in [0.05, 0.1) is 62.6 Å². The second kappa shape index (κ2) is 18.5. The Bertz CT molecular complexity index is 2510. The maximum Gasteiger partial charge on any atom is 0.407 e. The number of piperidine rings is 2. The van der Waals surface area contributed by atoms with Crippen LogP contribution in [0.5, 0.6) is 0 Å². The number of H-pyrrole nitrogens is 2. The highest BCUT2D eigenvalue weighted by Gasteiger charge is 2.62. The van der Waals surface area contributed by atoms with Gasteiger partial charge in [0.1, 0.15) is 34.6 Å². The highest BCUT2D eigenvalue weighted by molar-refractivity contribution is 6.32. The SMILES string of the molecule is COC(=O)NC(C(=O)N1C(c2nc(-c3ccc(-c4ccc(-c5cnc(C6CC7C(C)C7N6C(=O)C(NC(=O)OC)C6CC(C)OC(C)C6)[nH]5)cc4)cc3)c(Cl)[nH]2)CC2CC21)C1CC(C)OC(C)C1. The van der Waals surface area contributed by atoms with Crippen LogP contribution < -0.4 is 10.6 Å². The molecule has 6 heterocycles. The van der Waals surface area contributed by atoms with Gasteiger partial charge in [0.15, 0.2) is 0 Å². The van der Waals surface area contributed by atoms with E-state index in [2.05, 4.69) is 51.8 Å². The number of methoxy groups -OCH3 is 2. The number of imidazole rings is 2. The topological polar surface area (TPSA) is 193 Å². The molecule has 6 fully saturated rings. The van der Waals surface area contributed by atoms with E-state index in [0.29, 0.717) is 60.1 Å². The number of benzene rings is 2. The molecular formula is C51H63ClN8O8. The summed E-state index contributed by atoms with van der Waals surface area (Å²) in [5, 5.41) is 6.19. The molecule has 0 radical (unpaired) electrons. The van der Waals surface area contributed by atoms with Crippen molar-refractivity contribution in [2.45, 2.75) is 140 Å². The first kappa shape index (κ1) is 46.3. The van der Waals surface area contributed by atoms with Crippen molar-refractivity contribution >= 4 is 35.6 Å². The molecule has 4 amide bonds. The van der Waals surface area contributed by atoms with Gasteiger partial charge in [0, 0.05) is 17.6 Å². The van der Waals surface area contributed by atoms with Crippen LogP contribution in [0.2, 0.25) is 5.15 Å². The van der Waals surface area contributed by atoms with E-state index >= 15 is 0 Å². The number of aromatic amines is 2. The molecule has 4 aromatic rings. The average Bonchev–Trinajstić information content (AvgIpc) is 3.79. The van der Waals surface area contributed by atoms with Crippen molar-refractivity contribution in [3.63, 3.8) is 0 Å². The van der Waals surface area contributed by atoms with Gasteiger partial charge in [-0.1, -0.05) is 67.1 Å². The number of carbonyl (C=O) groups is 4. The number of amides is 4. The Kier molecular flexibility index (Phi) is 12.6. The van der Waals surface area contributed by atoms with Crippen LogP contribution in [0.3, 0.4) is 0 Å². The smallest absolute Gasteiger partial charge is 0.407 e. The van der Waals surface area contributed by atoms with Gasteiger partial charge in [-0.3, -0.25) is 9.59 Å². The summed E-state index contributed by atoms with van der Waals surface area (Å²) in [6.07, 6.45) is 5.62. The molecule has 4 N–H and O–H groups in total. The number of fused-ring (bicyclic) bond motifs is 2. The van der Waals surface area contributed by atoms with Gasteiger partial charge in [-0.05, 0) is 119 Å². The van der Waals surface area contributed by atoms with E-state index in [-0.39, 0.29) is 72.2 Å². The van der Waals surface area contributed by atoms with Gasteiger partial charge in [-0.15, -0.1) is 0 Å². The first-order valence-corrected chi connectivity index (χ1v) is 24.7. The van der Waals surface area contributed by atoms with E-state index < -0.39 is 24.3 Å². The lowest BCUT2D eigenvalue weighted by molar-refractivity contribution is -0.140. The van der Waals surface area contributed by atoms with Crippen LogP contribution in [0.1, 0.15) is 103 Å². The fraction of sp³-hybridized carbons (Fsp3) is 0.569. The lowest BCUT2D eigenvalue weighted by Crippen LogP contribution is -2.55. The zero-order valence-corrected chi connectivity index (χ0v) is 40.5. The van der Waals surface area contributed by atoms with Gasteiger partial charge < -0.3 is 49.3 Å². The molecule has 0 spiro atoms. The summed E-state index contributed by atoms with van der Waals surface area (Å²) in [4.78, 5) is 74.9. The van der Waals surface area contributed by atoms with E-state index in [4.69, 9.17) is 40.5 Å². The summed E-state index contributed by atoms with van der Waals surface area (Å²) >= 11 is 6.87. The monoisotopic (exact) mass is 950 g/mol. The minimum absolute atomic E-state index is 0.0239. The Morgan fingerprint density at radius 1 is 0.662 bits per heavy atom. The molecule has 16 nitrogen and oxygen atoms in total. The van der Waals surface area contributed by atoms with Crippen LogP contribution in [0.4, 0.5) is 9.59 Å². The number of aromatic nitrogens is 4. The van der Waals surface area contributed by atoms with Gasteiger partial charge in [0.2, 0.25) is 11.8 Å². The predicted octanol–water partition coefficient (Wildman–Crippen LogP) is 8.21. The third-order valence-electron chi connectivity index (χ3n) is 15.7. The second-order valence-corrected chi connectivity index (χ2v) is 20.8. The highest BCUT2D eigenvalue weighted by atomic mass is 35.5. The Morgan fingerprint density at radius 3 is 1.71 bits per heavy atom. The summed E-state index contributed by atoms with van der Waals surface area (Å²) in [7, 11) is 2.64. The number of hydrogen-bond donors (Lipinski definition) is 4. The summed E-state index contributed by atoms with van der Waals surface area (Å²) < 4.78 is 21.9. The number of nitrogens with zero attached hydrogens (tertiary/aromatic N) is 4. The summed E-state index contributed by atoms with van der Waals surface area (Å²) in [5.74, 6) is 2.11.